The fraction of sp³-hybridized carbons (Fsp3) is 0.802. The van der Waals surface area contributed by atoms with Crippen molar-refractivity contribution < 1.29 is 95.8 Å². The van der Waals surface area contributed by atoms with E-state index in [4.69, 9.17) is 15.2 Å². The van der Waals surface area contributed by atoms with Crippen molar-refractivity contribution in [1.82, 2.24) is 83.0 Å². The minimum absolute atomic E-state index is 0.00584. The molecule has 0 aromatic carbocycles. The summed E-state index contributed by atoms with van der Waals surface area (Å²) in [6.07, 6.45) is -2.51. The predicted molar refractivity (Wildman–Crippen MR) is 487 cm³/mol. The molecule has 1 aliphatic heterocycles. The number of nitrogens with two attached hydrogens (primary N) is 1. The maximum atomic E-state index is 15.6. The summed E-state index contributed by atoms with van der Waals surface area (Å²) in [5, 5.41) is 30.5. The molecule has 1 fully saturated rings. The van der Waals surface area contributed by atoms with Crippen molar-refractivity contribution in [3.63, 3.8) is 0 Å². The van der Waals surface area contributed by atoms with Crippen molar-refractivity contribution in [3.8, 4) is 0 Å². The minimum atomic E-state index is -1.86. The van der Waals surface area contributed by atoms with E-state index in [1.165, 1.54) is 56.2 Å². The van der Waals surface area contributed by atoms with E-state index in [0.29, 0.717) is 12.8 Å². The minimum Gasteiger partial charge on any atom is -0.458 e. The molecule has 1 aliphatic rings. The number of hydrogen-bond acceptors (Lipinski definition) is 23. The van der Waals surface area contributed by atoms with Gasteiger partial charge in [0.05, 0.1) is 18.1 Å². The van der Waals surface area contributed by atoms with Crippen LogP contribution in [-0.4, -0.2) is 304 Å². The molecule has 0 aliphatic carbocycles. The Morgan fingerprint density at radius 1 is 0.516 bits per heavy atom. The number of esters is 1. The molecule has 1 rings (SSSR count). The first-order valence-corrected chi connectivity index (χ1v) is 45.8. The second-order valence-corrected chi connectivity index (χ2v) is 37.6. The number of ketones is 3. The van der Waals surface area contributed by atoms with Gasteiger partial charge in [0.2, 0.25) is 82.7 Å². The summed E-state index contributed by atoms with van der Waals surface area (Å²) in [5.41, 5.74) is 6.51. The number of likely N-dealkylation sites (N-methyl/N-ethyl adjacent to an activating group) is 7. The van der Waals surface area contributed by atoms with E-state index in [-0.39, 0.29) is 92.5 Å². The average molecular weight is 1820 g/mol. The normalized spacial score (nSPS) is 24.0. The lowest BCUT2D eigenvalue weighted by molar-refractivity contribution is -0.165. The first kappa shape index (κ1) is 117. The Bertz CT molecular complexity index is 3710. The highest BCUT2D eigenvalue weighted by Gasteiger charge is 2.48. The van der Waals surface area contributed by atoms with Gasteiger partial charge in [-0.15, -0.1) is 0 Å². The number of rotatable bonds is 34. The molecule has 0 radical (unpaired) electrons. The Labute approximate surface area is 761 Å². The largest absolute Gasteiger partial charge is 0.458 e. The Morgan fingerprint density at radius 3 is 1.41 bits per heavy atom. The van der Waals surface area contributed by atoms with E-state index in [9.17, 15) is 62.3 Å². The summed E-state index contributed by atoms with van der Waals surface area (Å²) in [5.74, 6) is -20.5. The molecular weight excluding hydrogens is 1650 g/mol. The van der Waals surface area contributed by atoms with Gasteiger partial charge in [-0.25, -0.2) is 4.79 Å². The van der Waals surface area contributed by atoms with Crippen LogP contribution in [0, 0.1) is 76.9 Å². The van der Waals surface area contributed by atoms with Crippen LogP contribution in [0.3, 0.4) is 0 Å². The molecule has 732 valence electrons. The molecule has 37 nitrogen and oxygen atoms in total. The zero-order valence-electron chi connectivity index (χ0n) is 82.7. The monoisotopic (exact) mass is 1810 g/mol. The molecule has 14 amide bonds. The number of nitrogens with zero attached hydrogens (tertiary/aromatic N) is 5. The van der Waals surface area contributed by atoms with Crippen molar-refractivity contribution >= 4 is 106 Å². The Balaban J connectivity index is 4.56. The first-order valence-electron chi connectivity index (χ1n) is 45.8. The summed E-state index contributed by atoms with van der Waals surface area (Å²) < 4.78 is 11.3. The van der Waals surface area contributed by atoms with Gasteiger partial charge in [0.25, 0.3) is 0 Å². The molecule has 128 heavy (non-hydrogen) atoms. The first-order chi connectivity index (χ1) is 59.5. The summed E-state index contributed by atoms with van der Waals surface area (Å²) >= 11 is 0. The van der Waals surface area contributed by atoms with E-state index < -0.39 is 259 Å². The quantitative estimate of drug-likeness (QED) is 0.0411. The van der Waals surface area contributed by atoms with Gasteiger partial charge in [-0.3, -0.25) is 81.5 Å². The number of carbonyl (C=O) groups excluding carboxylic acids is 18. The number of methoxy groups -OCH3 is 1. The van der Waals surface area contributed by atoms with Crippen LogP contribution in [0.2, 0.25) is 0 Å². The van der Waals surface area contributed by atoms with E-state index in [1.807, 2.05) is 41.5 Å². The van der Waals surface area contributed by atoms with Crippen LogP contribution in [0.1, 0.15) is 223 Å². The lowest BCUT2D eigenvalue weighted by Gasteiger charge is -2.38. The molecule has 1 heterocycles. The molecule has 13 N–H and O–H groups in total. The van der Waals surface area contributed by atoms with Crippen LogP contribution < -0.4 is 64.2 Å². The number of hydrogen-bond donors (Lipinski definition) is 12. The number of Topliss-reactive ketones (excluding diaryl/α,β-unsaturated/α-hetero) is 3. The molecule has 1 saturated heterocycles. The van der Waals surface area contributed by atoms with Gasteiger partial charge < -0.3 is 98.2 Å². The topological polar surface area (TPSA) is 500 Å². The smallest absolute Gasteiger partial charge is 0.329 e. The number of nitrogens with one attached hydrogen (secondary N) is 11. The maximum Gasteiger partial charge on any atom is 0.329 e. The number of ether oxygens (including phenoxy) is 2. The second-order valence-electron chi connectivity index (χ2n) is 37.6. The van der Waals surface area contributed by atoms with Crippen molar-refractivity contribution in [2.75, 3.05) is 89.2 Å². The Kier molecular flexibility index (Phi) is 51.6. The van der Waals surface area contributed by atoms with E-state index in [2.05, 4.69) is 58.5 Å². The van der Waals surface area contributed by atoms with Crippen LogP contribution in [0.4, 0.5) is 0 Å². The Morgan fingerprint density at radius 2 is 0.961 bits per heavy atom. The standard InChI is InChI=1S/C91H163N17O20/c1-32-53(15)71(92)80(115)58(20)56(18)75-89(124)106(28)77(52(13)14)90(125)104(26)60(22)82(117)96-40-36-68(112)100-63(43-48(5)6)87(122)108(30)79(57(19)59(21)81(116)74(94-25)54(16)33-2)91(126)128-61(23)76(103-83(118)64(44-49(7)8)105(27)88(123)73(51(11)12)102-70(114)46-127-31)84(119)97-39-34-66(110)95-38-35-67(111)99-62(42-47(3)4)86(121)107(29)78(85(120)98-41-37-69(113)101-75)55(17)45-65(109)72(93-24)50(9)10/h47-64,71-79,93-94H,32-46,92H2,1-31H3,(H,95,110)(H,96,117)(H,97,119)(H,98,120)(H,99,111)(H,100,112)(H,101,113)(H,102,114)(H,103,118)/t53-,54-,55?,56?,57?,58?,59?,60-,61+,62+,63?,64+,71+,72-,73-,74+,75?,76-,77?,78?,79+/m0/s1. The summed E-state index contributed by atoms with van der Waals surface area (Å²) in [7, 11) is 11.2. The molecule has 0 saturated carbocycles. The molecule has 0 bridgehead atoms. The lowest BCUT2D eigenvalue weighted by Crippen LogP contribution is -2.61. The zero-order chi connectivity index (χ0) is 98.7. The van der Waals surface area contributed by atoms with Crippen LogP contribution in [0.25, 0.3) is 0 Å². The predicted octanol–water partition coefficient (Wildman–Crippen LogP) is 2.16. The van der Waals surface area contributed by atoms with Gasteiger partial charge in [-0.1, -0.05) is 158 Å². The highest BCUT2D eigenvalue weighted by atomic mass is 16.5. The molecule has 0 spiro atoms. The molecule has 21 atom stereocenters. The Hall–Kier alpha value is -9.10. The van der Waals surface area contributed by atoms with Crippen LogP contribution in [0.5, 0.6) is 0 Å². The van der Waals surface area contributed by atoms with Gasteiger partial charge in [-0.2, -0.15) is 0 Å². The maximum absolute atomic E-state index is 15.6. The number of amides is 14. The summed E-state index contributed by atoms with van der Waals surface area (Å²) in [6, 6.07) is -16.6. The van der Waals surface area contributed by atoms with Crippen molar-refractivity contribution in [2.45, 2.75) is 308 Å². The van der Waals surface area contributed by atoms with Crippen LogP contribution >= 0.6 is 0 Å². The fourth-order valence-electron chi connectivity index (χ4n) is 16.0. The SMILES string of the molecule is CC[C@H](C)[C@@H](N)C(=O)C(C)C(C)C1NC(=O)CCNC(=O)C(C(C)CC(=O)[C@@H](NC)C(C)C)N(C)C(=O)[C@@H](CC(C)C)NC(=O)CCNC(=O)CCNC(=O)[C@@H](NC(=O)[C@@H](CC(C)C)N(C)C(=O)[C@@H](NC(=O)COC)C(C)C)[C@@H](C)OC(=O)[C@@H](C(C)C(C)C(=O)[C@H](NC)[C@@H](C)CC)N(C)C(=O)C(CC(C)C)NC(=O)CCNC(=O)[C@H](C)N(C)C(=O)C(C(C)C)N(C)C1=O. The van der Waals surface area contributed by atoms with Gasteiger partial charge in [0, 0.05) is 112 Å². The van der Waals surface area contributed by atoms with Gasteiger partial charge >= 0.3 is 5.97 Å². The zero-order valence-corrected chi connectivity index (χ0v) is 82.7. The highest BCUT2D eigenvalue weighted by molar-refractivity contribution is 5.99. The summed E-state index contributed by atoms with van der Waals surface area (Å²) in [6.45, 7) is 37.4. The van der Waals surface area contributed by atoms with E-state index >= 15 is 24.0 Å². The van der Waals surface area contributed by atoms with Gasteiger partial charge in [-0.05, 0) is 112 Å². The van der Waals surface area contributed by atoms with E-state index in [0.717, 1.165) is 24.5 Å². The van der Waals surface area contributed by atoms with Crippen molar-refractivity contribution in [2.24, 2.45) is 82.7 Å². The number of cyclic esters (lactones) is 1. The highest BCUT2D eigenvalue weighted by Crippen LogP contribution is 2.30. The van der Waals surface area contributed by atoms with Crippen molar-refractivity contribution in [3.05, 3.63) is 0 Å². The lowest BCUT2D eigenvalue weighted by atomic mass is 9.79. The molecule has 0 aromatic rings. The van der Waals surface area contributed by atoms with Gasteiger partial charge in [0.1, 0.15) is 78.9 Å². The molecule has 0 aromatic heterocycles. The average Bonchev–Trinajstić information content (AvgIpc) is 0.806. The fourth-order valence-corrected chi connectivity index (χ4v) is 16.0. The third-order valence-corrected chi connectivity index (χ3v) is 24.9. The molecule has 9 unspecified atom stereocenters. The van der Waals surface area contributed by atoms with Crippen LogP contribution in [0.15, 0.2) is 0 Å². The van der Waals surface area contributed by atoms with Gasteiger partial charge in [0.15, 0.2) is 11.6 Å². The summed E-state index contributed by atoms with van der Waals surface area (Å²) in [4.78, 5) is 268. The van der Waals surface area contributed by atoms with Crippen molar-refractivity contribution in [1.29, 1.82) is 0 Å². The third-order valence-electron chi connectivity index (χ3n) is 24.9. The number of carbonyl (C=O) groups is 18. The molecule has 37 heteroatoms. The third kappa shape index (κ3) is 35.6. The van der Waals surface area contributed by atoms with E-state index in [1.54, 1.807) is 118 Å². The second kappa shape index (κ2) is 56.5. The molecular formula is C91H163N17O20. The van der Waals surface area contributed by atoms with Crippen LogP contribution in [-0.2, 0) is 95.8 Å².